The highest BCUT2D eigenvalue weighted by atomic mass is 32.2. The molecule has 0 amide bonds. The van der Waals surface area contributed by atoms with E-state index in [1.54, 1.807) is 6.07 Å². The van der Waals surface area contributed by atoms with E-state index < -0.39 is 5.97 Å². The quantitative estimate of drug-likeness (QED) is 0.834. The number of hydrogen-bond acceptors (Lipinski definition) is 5. The zero-order valence-electron chi connectivity index (χ0n) is 10.4. The van der Waals surface area contributed by atoms with E-state index in [0.717, 1.165) is 24.6 Å². The maximum absolute atomic E-state index is 11.6. The molecule has 102 valence electrons. The summed E-state index contributed by atoms with van der Waals surface area (Å²) in [6.45, 7) is 0. The molecule has 0 saturated heterocycles. The fraction of sp³-hybridized carbons (Fsp3) is 0.231. The molecule has 0 bridgehead atoms. The van der Waals surface area contributed by atoms with Crippen LogP contribution in [0, 0.1) is 0 Å². The Hall–Kier alpha value is -2.15. The molecule has 6 nitrogen and oxygen atoms in total. The summed E-state index contributed by atoms with van der Waals surface area (Å²) in [5, 5.41) is 9.91. The number of nitrogens with zero attached hydrogens (tertiary/aromatic N) is 2. The summed E-state index contributed by atoms with van der Waals surface area (Å²) < 4.78 is 0. The Kier molecular flexibility index (Phi) is 3.27. The van der Waals surface area contributed by atoms with Gasteiger partial charge in [0.25, 0.3) is 5.56 Å². The van der Waals surface area contributed by atoms with E-state index in [1.165, 1.54) is 18.3 Å². The van der Waals surface area contributed by atoms with Crippen molar-refractivity contribution in [2.75, 3.05) is 0 Å². The number of rotatable bonds is 4. The lowest BCUT2D eigenvalue weighted by Crippen LogP contribution is -2.10. The fourth-order valence-corrected chi connectivity index (χ4v) is 2.68. The number of carbonyl (C=O) groups is 1. The van der Waals surface area contributed by atoms with Crippen LogP contribution in [0.15, 0.2) is 39.2 Å². The van der Waals surface area contributed by atoms with Crippen LogP contribution in [0.4, 0.5) is 0 Å². The van der Waals surface area contributed by atoms with Crippen molar-refractivity contribution in [3.8, 4) is 0 Å². The molecule has 2 aromatic heterocycles. The van der Waals surface area contributed by atoms with E-state index in [0.29, 0.717) is 21.8 Å². The van der Waals surface area contributed by atoms with Gasteiger partial charge in [0, 0.05) is 18.2 Å². The SMILES string of the molecule is O=C(O)c1cccnc1Sc1cc(=O)[nH]c(C2CC2)n1. The summed E-state index contributed by atoms with van der Waals surface area (Å²) in [6, 6.07) is 4.40. The molecule has 2 aromatic rings. The molecule has 1 saturated carbocycles. The Balaban J connectivity index is 1.95. The van der Waals surface area contributed by atoms with Gasteiger partial charge in [0.1, 0.15) is 15.9 Å². The van der Waals surface area contributed by atoms with Gasteiger partial charge in [-0.05, 0) is 36.7 Å². The second-order valence-electron chi connectivity index (χ2n) is 4.51. The molecule has 7 heteroatoms. The van der Waals surface area contributed by atoms with Gasteiger partial charge in [-0.1, -0.05) is 0 Å². The van der Waals surface area contributed by atoms with Crippen molar-refractivity contribution in [3.63, 3.8) is 0 Å². The highest BCUT2D eigenvalue weighted by Gasteiger charge is 2.26. The fourth-order valence-electron chi connectivity index (χ4n) is 1.79. The molecule has 1 aliphatic carbocycles. The monoisotopic (exact) mass is 289 g/mol. The molecule has 20 heavy (non-hydrogen) atoms. The van der Waals surface area contributed by atoms with Crippen molar-refractivity contribution in [3.05, 3.63) is 46.1 Å². The predicted octanol–water partition coefficient (Wildman–Crippen LogP) is 1.89. The summed E-state index contributed by atoms with van der Waals surface area (Å²) in [5.74, 6) is -0.0495. The van der Waals surface area contributed by atoms with Crippen LogP contribution in [0.1, 0.15) is 34.9 Å². The topological polar surface area (TPSA) is 95.9 Å². The predicted molar refractivity (Wildman–Crippen MR) is 72.2 cm³/mol. The Morgan fingerprint density at radius 3 is 2.95 bits per heavy atom. The van der Waals surface area contributed by atoms with Crippen molar-refractivity contribution >= 4 is 17.7 Å². The molecule has 1 fully saturated rings. The first-order valence-electron chi connectivity index (χ1n) is 6.11. The number of aromatic nitrogens is 3. The first-order valence-corrected chi connectivity index (χ1v) is 6.92. The van der Waals surface area contributed by atoms with E-state index in [-0.39, 0.29) is 11.1 Å². The van der Waals surface area contributed by atoms with Crippen LogP contribution in [0.3, 0.4) is 0 Å². The summed E-state index contributed by atoms with van der Waals surface area (Å²) in [6.07, 6.45) is 3.58. The van der Waals surface area contributed by atoms with Gasteiger partial charge < -0.3 is 10.1 Å². The molecule has 2 N–H and O–H groups in total. The van der Waals surface area contributed by atoms with Gasteiger partial charge >= 0.3 is 5.97 Å². The molecule has 0 aliphatic heterocycles. The lowest BCUT2D eigenvalue weighted by molar-refractivity contribution is 0.0692. The van der Waals surface area contributed by atoms with Gasteiger partial charge in [0.15, 0.2) is 0 Å². The highest BCUT2D eigenvalue weighted by molar-refractivity contribution is 7.99. The number of carboxylic acids is 1. The second kappa shape index (κ2) is 5.09. The molecule has 3 rings (SSSR count). The van der Waals surface area contributed by atoms with Gasteiger partial charge in [-0.15, -0.1) is 0 Å². The number of aromatic carboxylic acids is 1. The molecular weight excluding hydrogens is 278 g/mol. The molecule has 0 radical (unpaired) electrons. The first-order chi connectivity index (χ1) is 9.63. The number of aromatic amines is 1. The third-order valence-corrected chi connectivity index (χ3v) is 3.84. The highest BCUT2D eigenvalue weighted by Crippen LogP contribution is 2.38. The molecule has 0 unspecified atom stereocenters. The molecular formula is C13H11N3O3S. The van der Waals surface area contributed by atoms with Crippen LogP contribution in [0.25, 0.3) is 0 Å². The van der Waals surface area contributed by atoms with Crippen molar-refractivity contribution in [2.24, 2.45) is 0 Å². The maximum Gasteiger partial charge on any atom is 0.338 e. The average Bonchev–Trinajstić information content (AvgIpc) is 3.22. The number of H-pyrrole nitrogens is 1. The molecule has 0 atom stereocenters. The van der Waals surface area contributed by atoms with Crippen LogP contribution < -0.4 is 5.56 Å². The van der Waals surface area contributed by atoms with Gasteiger partial charge in [-0.2, -0.15) is 0 Å². The summed E-state index contributed by atoms with van der Waals surface area (Å²) in [7, 11) is 0. The number of hydrogen-bond donors (Lipinski definition) is 2. The largest absolute Gasteiger partial charge is 0.478 e. The Labute approximate surface area is 118 Å². The summed E-state index contributed by atoms with van der Waals surface area (Å²) in [5.41, 5.74) is -0.121. The minimum absolute atomic E-state index is 0.104. The number of pyridine rings is 1. The third-order valence-electron chi connectivity index (χ3n) is 2.90. The second-order valence-corrected chi connectivity index (χ2v) is 5.52. The van der Waals surface area contributed by atoms with E-state index in [9.17, 15) is 9.59 Å². The summed E-state index contributed by atoms with van der Waals surface area (Å²) >= 11 is 1.09. The normalized spacial score (nSPS) is 14.2. The zero-order chi connectivity index (χ0) is 14.1. The van der Waals surface area contributed by atoms with Crippen molar-refractivity contribution < 1.29 is 9.90 Å². The van der Waals surface area contributed by atoms with Gasteiger partial charge in [0.2, 0.25) is 0 Å². The molecule has 0 aromatic carbocycles. The zero-order valence-corrected chi connectivity index (χ0v) is 11.2. The Morgan fingerprint density at radius 1 is 1.45 bits per heavy atom. The minimum atomic E-state index is -1.05. The molecule has 1 aliphatic rings. The first kappa shape index (κ1) is 12.9. The van der Waals surface area contributed by atoms with Gasteiger partial charge in [-0.3, -0.25) is 4.79 Å². The van der Waals surface area contributed by atoms with Crippen molar-refractivity contribution in [2.45, 2.75) is 28.8 Å². The Bertz CT molecular complexity index is 725. The average molecular weight is 289 g/mol. The van der Waals surface area contributed by atoms with Gasteiger partial charge in [-0.25, -0.2) is 14.8 Å². The van der Waals surface area contributed by atoms with Gasteiger partial charge in [0.05, 0.1) is 5.56 Å². The third kappa shape index (κ3) is 2.72. The standard InChI is InChI=1S/C13H11N3O3S/c17-9-6-10(16-11(15-9)7-3-4-7)20-12-8(13(18)19)2-1-5-14-12/h1-2,5-7H,3-4H2,(H,18,19)(H,15,16,17). The molecule has 2 heterocycles. The van der Waals surface area contributed by atoms with Crippen LogP contribution in [0.2, 0.25) is 0 Å². The minimum Gasteiger partial charge on any atom is -0.478 e. The number of carboxylic acid groups (broad SMARTS) is 1. The smallest absolute Gasteiger partial charge is 0.338 e. The molecule has 0 spiro atoms. The van der Waals surface area contributed by atoms with Crippen molar-refractivity contribution in [1.82, 2.24) is 15.0 Å². The Morgan fingerprint density at radius 2 is 2.25 bits per heavy atom. The van der Waals surface area contributed by atoms with E-state index >= 15 is 0 Å². The number of nitrogens with one attached hydrogen (secondary N) is 1. The van der Waals surface area contributed by atoms with Crippen LogP contribution >= 0.6 is 11.8 Å². The lowest BCUT2D eigenvalue weighted by atomic mass is 10.3. The lowest BCUT2D eigenvalue weighted by Gasteiger charge is -2.05. The van der Waals surface area contributed by atoms with Crippen LogP contribution in [0.5, 0.6) is 0 Å². The van der Waals surface area contributed by atoms with E-state index in [1.807, 2.05) is 0 Å². The van der Waals surface area contributed by atoms with Crippen LogP contribution in [-0.4, -0.2) is 26.0 Å². The van der Waals surface area contributed by atoms with Crippen molar-refractivity contribution in [1.29, 1.82) is 0 Å². The maximum atomic E-state index is 11.6. The summed E-state index contributed by atoms with van der Waals surface area (Å²) in [4.78, 5) is 33.9. The van der Waals surface area contributed by atoms with E-state index in [4.69, 9.17) is 5.11 Å². The van der Waals surface area contributed by atoms with E-state index in [2.05, 4.69) is 15.0 Å². The van der Waals surface area contributed by atoms with Crippen LogP contribution in [-0.2, 0) is 0 Å².